The molecule has 0 bridgehead atoms. The van der Waals surface area contributed by atoms with Gasteiger partial charge in [0, 0.05) is 11.0 Å². The van der Waals surface area contributed by atoms with Crippen LogP contribution in [0, 0.1) is 5.41 Å². The smallest absolute Gasteiger partial charge is 0.278 e. The summed E-state index contributed by atoms with van der Waals surface area (Å²) in [6.07, 6.45) is 1.59. The zero-order valence-corrected chi connectivity index (χ0v) is 8.55. The van der Waals surface area contributed by atoms with Crippen LogP contribution < -0.4 is 5.73 Å². The molecule has 1 aromatic rings. The van der Waals surface area contributed by atoms with Crippen molar-refractivity contribution in [3.63, 3.8) is 0 Å². The molecule has 0 radical (unpaired) electrons. The van der Waals surface area contributed by atoms with Crippen molar-refractivity contribution in [2.75, 3.05) is 6.54 Å². The van der Waals surface area contributed by atoms with Crippen LogP contribution in [0.4, 0.5) is 8.78 Å². The zero-order valence-electron chi connectivity index (χ0n) is 8.55. The molecule has 2 rings (SSSR count). The molecule has 0 atom stereocenters. The Labute approximate surface area is 88.3 Å². The van der Waals surface area contributed by atoms with E-state index in [4.69, 9.17) is 5.73 Å². The molecule has 15 heavy (non-hydrogen) atoms. The lowest BCUT2D eigenvalue weighted by molar-refractivity contribution is -0.0826. The summed E-state index contributed by atoms with van der Waals surface area (Å²) in [7, 11) is 0. The van der Waals surface area contributed by atoms with E-state index >= 15 is 0 Å². The highest BCUT2D eigenvalue weighted by molar-refractivity contribution is 5.25. The van der Waals surface area contributed by atoms with Crippen molar-refractivity contribution in [3.05, 3.63) is 35.9 Å². The van der Waals surface area contributed by atoms with E-state index in [1.165, 1.54) is 12.1 Å². The fourth-order valence-corrected chi connectivity index (χ4v) is 2.10. The third-order valence-corrected chi connectivity index (χ3v) is 3.28. The Hall–Kier alpha value is -0.960. The number of halogens is 2. The van der Waals surface area contributed by atoms with Gasteiger partial charge in [0.2, 0.25) is 0 Å². The number of alkyl halides is 2. The molecule has 0 aromatic heterocycles. The summed E-state index contributed by atoms with van der Waals surface area (Å²) in [4.78, 5) is 0. The monoisotopic (exact) mass is 211 g/mol. The molecular formula is C12H15F2N. The first-order chi connectivity index (χ1) is 7.12. The van der Waals surface area contributed by atoms with Crippen LogP contribution >= 0.6 is 0 Å². The van der Waals surface area contributed by atoms with Crippen molar-refractivity contribution in [1.29, 1.82) is 0 Å². The maximum atomic E-state index is 14.1. The Morgan fingerprint density at radius 3 is 2.27 bits per heavy atom. The maximum Gasteiger partial charge on any atom is 0.278 e. The summed E-state index contributed by atoms with van der Waals surface area (Å²) in [5.41, 5.74) is 4.66. The van der Waals surface area contributed by atoms with Crippen LogP contribution in [-0.4, -0.2) is 6.54 Å². The molecule has 1 nitrogen and oxygen atoms in total. The van der Waals surface area contributed by atoms with Gasteiger partial charge in [0.05, 0.1) is 0 Å². The Bertz CT molecular complexity index is 331. The molecular weight excluding hydrogens is 196 g/mol. The third-order valence-electron chi connectivity index (χ3n) is 3.28. The van der Waals surface area contributed by atoms with Crippen molar-refractivity contribution in [1.82, 2.24) is 0 Å². The average molecular weight is 211 g/mol. The minimum Gasteiger partial charge on any atom is -0.330 e. The first kappa shape index (κ1) is 10.6. The van der Waals surface area contributed by atoms with Gasteiger partial charge in [-0.3, -0.25) is 0 Å². The molecule has 0 aliphatic heterocycles. The Morgan fingerprint density at radius 1 is 1.20 bits per heavy atom. The number of nitrogens with two attached hydrogens (primary N) is 1. The third kappa shape index (κ3) is 1.65. The van der Waals surface area contributed by atoms with Gasteiger partial charge in [-0.15, -0.1) is 0 Å². The van der Waals surface area contributed by atoms with Crippen molar-refractivity contribution in [2.45, 2.75) is 25.2 Å². The lowest BCUT2D eigenvalue weighted by Gasteiger charge is -2.26. The van der Waals surface area contributed by atoms with Gasteiger partial charge in [0.25, 0.3) is 5.92 Å². The minimum absolute atomic E-state index is 0.121. The van der Waals surface area contributed by atoms with Crippen LogP contribution in [0.3, 0.4) is 0 Å². The molecule has 0 saturated heterocycles. The highest BCUT2D eigenvalue weighted by Gasteiger charge is 2.61. The number of hydrogen-bond acceptors (Lipinski definition) is 1. The van der Waals surface area contributed by atoms with Crippen molar-refractivity contribution < 1.29 is 8.78 Å². The van der Waals surface area contributed by atoms with Crippen LogP contribution in [0.25, 0.3) is 0 Å². The van der Waals surface area contributed by atoms with Gasteiger partial charge >= 0.3 is 0 Å². The van der Waals surface area contributed by atoms with E-state index in [9.17, 15) is 8.78 Å². The second kappa shape index (κ2) is 3.56. The van der Waals surface area contributed by atoms with E-state index in [0.717, 1.165) is 0 Å². The van der Waals surface area contributed by atoms with E-state index in [-0.39, 0.29) is 5.56 Å². The van der Waals surface area contributed by atoms with Gasteiger partial charge in [-0.25, -0.2) is 8.78 Å². The van der Waals surface area contributed by atoms with E-state index in [2.05, 4.69) is 0 Å². The molecule has 1 aromatic carbocycles. The Balaban J connectivity index is 2.27. The van der Waals surface area contributed by atoms with Crippen LogP contribution in [0.2, 0.25) is 0 Å². The van der Waals surface area contributed by atoms with E-state index in [1.807, 2.05) is 0 Å². The van der Waals surface area contributed by atoms with Crippen LogP contribution in [0.5, 0.6) is 0 Å². The van der Waals surface area contributed by atoms with E-state index in [1.54, 1.807) is 18.2 Å². The van der Waals surface area contributed by atoms with Crippen molar-refractivity contribution >= 4 is 0 Å². The summed E-state index contributed by atoms with van der Waals surface area (Å²) >= 11 is 0. The first-order valence-electron chi connectivity index (χ1n) is 5.26. The molecule has 82 valence electrons. The highest BCUT2D eigenvalue weighted by atomic mass is 19.3. The van der Waals surface area contributed by atoms with Crippen molar-refractivity contribution in [3.8, 4) is 0 Å². The lowest BCUT2D eigenvalue weighted by atomic mass is 9.88. The second-order valence-corrected chi connectivity index (χ2v) is 4.26. The molecule has 2 N–H and O–H groups in total. The topological polar surface area (TPSA) is 26.0 Å². The zero-order chi connectivity index (χ0) is 10.9. The molecule has 0 unspecified atom stereocenters. The molecule has 0 spiro atoms. The number of hydrogen-bond donors (Lipinski definition) is 1. The van der Waals surface area contributed by atoms with Crippen LogP contribution in [0.15, 0.2) is 30.3 Å². The summed E-state index contributed by atoms with van der Waals surface area (Å²) in [6, 6.07) is 8.05. The normalized spacial score (nSPS) is 18.9. The lowest BCUT2D eigenvalue weighted by Crippen LogP contribution is -2.29. The Kier molecular flexibility index (Phi) is 2.51. The van der Waals surface area contributed by atoms with E-state index < -0.39 is 11.3 Å². The number of rotatable bonds is 4. The van der Waals surface area contributed by atoms with Crippen molar-refractivity contribution in [2.24, 2.45) is 11.1 Å². The molecule has 1 aliphatic carbocycles. The van der Waals surface area contributed by atoms with E-state index in [0.29, 0.717) is 25.8 Å². The largest absolute Gasteiger partial charge is 0.330 e. The molecule has 0 heterocycles. The number of benzene rings is 1. The predicted molar refractivity (Wildman–Crippen MR) is 55.7 cm³/mol. The van der Waals surface area contributed by atoms with Gasteiger partial charge in [-0.2, -0.15) is 0 Å². The van der Waals surface area contributed by atoms with Crippen LogP contribution in [0.1, 0.15) is 24.8 Å². The quantitative estimate of drug-likeness (QED) is 0.814. The maximum absolute atomic E-state index is 14.1. The summed E-state index contributed by atoms with van der Waals surface area (Å²) in [5.74, 6) is -2.73. The fraction of sp³-hybridized carbons (Fsp3) is 0.500. The second-order valence-electron chi connectivity index (χ2n) is 4.26. The average Bonchev–Trinajstić information content (AvgIpc) is 3.01. The van der Waals surface area contributed by atoms with Crippen LogP contribution in [-0.2, 0) is 5.92 Å². The van der Waals surface area contributed by atoms with Gasteiger partial charge in [-0.1, -0.05) is 30.3 Å². The predicted octanol–water partition coefficient (Wildman–Crippen LogP) is 2.91. The van der Waals surface area contributed by atoms with Gasteiger partial charge in [0.15, 0.2) is 0 Å². The Morgan fingerprint density at radius 2 is 1.80 bits per heavy atom. The summed E-state index contributed by atoms with van der Waals surface area (Å²) < 4.78 is 28.3. The minimum atomic E-state index is -2.73. The standard InChI is InChI=1S/C12H15F2N/c13-12(14,10-4-2-1-3-5-10)11(6-7-11)8-9-15/h1-5H,6-9,15H2. The molecule has 0 amide bonds. The summed E-state index contributed by atoms with van der Waals surface area (Å²) in [6.45, 7) is 0.336. The van der Waals surface area contributed by atoms with Gasteiger partial charge < -0.3 is 5.73 Å². The SMILES string of the molecule is NCCC1(C(F)(F)c2ccccc2)CC1. The van der Waals surface area contributed by atoms with Gasteiger partial charge in [-0.05, 0) is 25.8 Å². The highest BCUT2D eigenvalue weighted by Crippen LogP contribution is 2.63. The molecule has 3 heteroatoms. The molecule has 1 aliphatic rings. The first-order valence-corrected chi connectivity index (χ1v) is 5.26. The molecule has 1 saturated carbocycles. The summed E-state index contributed by atoms with van der Waals surface area (Å²) in [5, 5.41) is 0. The van der Waals surface area contributed by atoms with Gasteiger partial charge in [0.1, 0.15) is 0 Å². The molecule has 1 fully saturated rings. The fourth-order valence-electron chi connectivity index (χ4n) is 2.10.